The minimum absolute atomic E-state index is 0.0348. The van der Waals surface area contributed by atoms with E-state index in [0.29, 0.717) is 11.4 Å². The summed E-state index contributed by atoms with van der Waals surface area (Å²) in [6.45, 7) is 0.104. The van der Waals surface area contributed by atoms with Crippen LogP contribution in [0.3, 0.4) is 0 Å². The molecule has 2 aromatic carbocycles. The van der Waals surface area contributed by atoms with Gasteiger partial charge in [0.1, 0.15) is 11.6 Å². The summed E-state index contributed by atoms with van der Waals surface area (Å²) in [6, 6.07) is 11.9. The van der Waals surface area contributed by atoms with Gasteiger partial charge in [-0.3, -0.25) is 9.10 Å². The van der Waals surface area contributed by atoms with Gasteiger partial charge < -0.3 is 10.1 Å². The Kier molecular flexibility index (Phi) is 5.97. The number of hydrogen-bond donors (Lipinski definition) is 1. The van der Waals surface area contributed by atoms with Crippen molar-refractivity contribution in [1.82, 2.24) is 5.32 Å². The van der Waals surface area contributed by atoms with Gasteiger partial charge in [-0.05, 0) is 30.3 Å². The summed E-state index contributed by atoms with van der Waals surface area (Å²) in [5.41, 5.74) is 0.606. The lowest BCUT2D eigenvalue weighted by Gasteiger charge is -2.23. The van der Waals surface area contributed by atoms with Crippen molar-refractivity contribution >= 4 is 21.6 Å². The fraction of sp³-hybridized carbons (Fsp3) is 0.235. The molecule has 0 unspecified atom stereocenters. The standard InChI is InChI=1S/C17H19FN2O4S/c1-24-16-8-4-7-15(12-16)20(25(2,22)23)10-9-19-17(21)13-5-3-6-14(18)11-13/h3-8,11-12H,9-10H2,1-2H3,(H,19,21). The van der Waals surface area contributed by atoms with Crippen molar-refractivity contribution in [2.24, 2.45) is 0 Å². The number of ether oxygens (including phenoxy) is 1. The topological polar surface area (TPSA) is 75.7 Å². The third-order valence-corrected chi connectivity index (χ3v) is 4.62. The Morgan fingerprint density at radius 1 is 1.20 bits per heavy atom. The summed E-state index contributed by atoms with van der Waals surface area (Å²) >= 11 is 0. The van der Waals surface area contributed by atoms with Gasteiger partial charge in [-0.2, -0.15) is 0 Å². The van der Waals surface area contributed by atoms with E-state index < -0.39 is 21.7 Å². The number of rotatable bonds is 7. The van der Waals surface area contributed by atoms with Crippen molar-refractivity contribution in [1.29, 1.82) is 0 Å². The highest BCUT2D eigenvalue weighted by Crippen LogP contribution is 2.22. The highest BCUT2D eigenvalue weighted by Gasteiger charge is 2.18. The van der Waals surface area contributed by atoms with Crippen molar-refractivity contribution < 1.29 is 22.3 Å². The second-order valence-corrected chi connectivity index (χ2v) is 7.21. The molecular weight excluding hydrogens is 347 g/mol. The van der Waals surface area contributed by atoms with Gasteiger partial charge in [0.25, 0.3) is 5.91 Å². The third kappa shape index (κ3) is 5.18. The first-order valence-electron chi connectivity index (χ1n) is 7.47. The maximum Gasteiger partial charge on any atom is 0.251 e. The molecule has 0 atom stereocenters. The Labute approximate surface area is 146 Å². The summed E-state index contributed by atoms with van der Waals surface area (Å²) in [4.78, 5) is 12.0. The van der Waals surface area contributed by atoms with Crippen LogP contribution in [0.2, 0.25) is 0 Å². The lowest BCUT2D eigenvalue weighted by Crippen LogP contribution is -2.38. The number of sulfonamides is 1. The van der Waals surface area contributed by atoms with Gasteiger partial charge in [-0.25, -0.2) is 12.8 Å². The molecule has 8 heteroatoms. The van der Waals surface area contributed by atoms with Gasteiger partial charge in [0.05, 0.1) is 25.6 Å². The van der Waals surface area contributed by atoms with Crippen LogP contribution in [0.15, 0.2) is 48.5 Å². The largest absolute Gasteiger partial charge is 0.497 e. The summed E-state index contributed by atoms with van der Waals surface area (Å²) in [5, 5.41) is 2.58. The van der Waals surface area contributed by atoms with Gasteiger partial charge in [0, 0.05) is 18.2 Å². The minimum atomic E-state index is -3.55. The lowest BCUT2D eigenvalue weighted by molar-refractivity contribution is 0.0954. The van der Waals surface area contributed by atoms with Gasteiger partial charge in [-0.15, -0.1) is 0 Å². The number of halogens is 1. The molecule has 134 valence electrons. The highest BCUT2D eigenvalue weighted by atomic mass is 32.2. The van der Waals surface area contributed by atoms with Crippen molar-refractivity contribution in [3.05, 3.63) is 59.9 Å². The molecule has 0 saturated heterocycles. The zero-order chi connectivity index (χ0) is 18.4. The number of carbonyl (C=O) groups excluding carboxylic acids is 1. The fourth-order valence-electron chi connectivity index (χ4n) is 2.25. The second-order valence-electron chi connectivity index (χ2n) is 5.30. The van der Waals surface area contributed by atoms with Crippen LogP contribution in [0.5, 0.6) is 5.75 Å². The molecule has 0 aromatic heterocycles. The van der Waals surface area contributed by atoms with Crippen LogP contribution in [0, 0.1) is 5.82 Å². The van der Waals surface area contributed by atoms with Gasteiger partial charge >= 0.3 is 0 Å². The molecule has 2 rings (SSSR count). The van der Waals surface area contributed by atoms with E-state index in [1.807, 2.05) is 0 Å². The molecule has 2 aromatic rings. The molecule has 1 amide bonds. The molecule has 0 heterocycles. The van der Waals surface area contributed by atoms with Crippen molar-refractivity contribution in [3.63, 3.8) is 0 Å². The number of nitrogens with zero attached hydrogens (tertiary/aromatic N) is 1. The molecule has 0 fully saturated rings. The fourth-order valence-corrected chi connectivity index (χ4v) is 3.17. The predicted octanol–water partition coefficient (Wildman–Crippen LogP) is 2.03. The molecule has 0 aliphatic carbocycles. The number of hydrogen-bond acceptors (Lipinski definition) is 4. The van der Waals surface area contributed by atoms with E-state index in [4.69, 9.17) is 4.74 Å². The van der Waals surface area contributed by atoms with E-state index in [2.05, 4.69) is 5.32 Å². The quantitative estimate of drug-likeness (QED) is 0.814. The molecule has 0 bridgehead atoms. The van der Waals surface area contributed by atoms with E-state index in [1.54, 1.807) is 24.3 Å². The average Bonchev–Trinajstić information content (AvgIpc) is 2.57. The SMILES string of the molecule is COc1cccc(N(CCNC(=O)c2cccc(F)c2)S(C)(=O)=O)c1. The van der Waals surface area contributed by atoms with Gasteiger partial charge in [0.15, 0.2) is 0 Å². The van der Waals surface area contributed by atoms with E-state index in [1.165, 1.54) is 29.6 Å². The van der Waals surface area contributed by atoms with Crippen LogP contribution >= 0.6 is 0 Å². The Hall–Kier alpha value is -2.61. The average molecular weight is 366 g/mol. The highest BCUT2D eigenvalue weighted by molar-refractivity contribution is 7.92. The first-order chi connectivity index (χ1) is 11.8. The number of methoxy groups -OCH3 is 1. The van der Waals surface area contributed by atoms with Crippen molar-refractivity contribution in [2.75, 3.05) is 30.8 Å². The Morgan fingerprint density at radius 2 is 1.92 bits per heavy atom. The summed E-state index contributed by atoms with van der Waals surface area (Å²) < 4.78 is 43.5. The molecular formula is C17H19FN2O4S. The lowest BCUT2D eigenvalue weighted by atomic mass is 10.2. The summed E-state index contributed by atoms with van der Waals surface area (Å²) in [7, 11) is -2.06. The normalized spacial score (nSPS) is 11.0. The molecule has 0 aliphatic rings. The van der Waals surface area contributed by atoms with Gasteiger partial charge in [0.2, 0.25) is 10.0 Å². The number of benzene rings is 2. The van der Waals surface area contributed by atoms with Crippen molar-refractivity contribution in [3.8, 4) is 5.75 Å². The van der Waals surface area contributed by atoms with Crippen LogP contribution in [-0.2, 0) is 10.0 Å². The maximum absolute atomic E-state index is 13.1. The second kappa shape index (κ2) is 7.98. The smallest absolute Gasteiger partial charge is 0.251 e. The van der Waals surface area contributed by atoms with Crippen LogP contribution in [0.1, 0.15) is 10.4 Å². The number of anilines is 1. The molecule has 0 spiro atoms. The van der Waals surface area contributed by atoms with Crippen LogP contribution in [0.25, 0.3) is 0 Å². The number of amides is 1. The Morgan fingerprint density at radius 3 is 2.56 bits per heavy atom. The number of carbonyl (C=O) groups is 1. The van der Waals surface area contributed by atoms with E-state index in [0.717, 1.165) is 12.3 Å². The molecule has 25 heavy (non-hydrogen) atoms. The third-order valence-electron chi connectivity index (χ3n) is 3.43. The van der Waals surface area contributed by atoms with E-state index in [9.17, 15) is 17.6 Å². The molecule has 0 radical (unpaired) electrons. The summed E-state index contributed by atoms with van der Waals surface area (Å²) in [5.74, 6) is -0.463. The monoisotopic (exact) mass is 366 g/mol. The zero-order valence-electron chi connectivity index (χ0n) is 13.9. The van der Waals surface area contributed by atoms with Crippen LogP contribution < -0.4 is 14.4 Å². The Bertz CT molecular complexity index is 855. The Balaban J connectivity index is 2.07. The van der Waals surface area contributed by atoms with Crippen LogP contribution in [0.4, 0.5) is 10.1 Å². The number of nitrogens with one attached hydrogen (secondary N) is 1. The van der Waals surface area contributed by atoms with E-state index >= 15 is 0 Å². The molecule has 1 N–H and O–H groups in total. The molecule has 0 saturated carbocycles. The van der Waals surface area contributed by atoms with E-state index in [-0.39, 0.29) is 18.7 Å². The zero-order valence-corrected chi connectivity index (χ0v) is 14.7. The first-order valence-corrected chi connectivity index (χ1v) is 9.31. The summed E-state index contributed by atoms with van der Waals surface area (Å²) in [6.07, 6.45) is 1.08. The van der Waals surface area contributed by atoms with Crippen molar-refractivity contribution in [2.45, 2.75) is 0 Å². The maximum atomic E-state index is 13.1. The van der Waals surface area contributed by atoms with Gasteiger partial charge in [-0.1, -0.05) is 12.1 Å². The molecule has 6 nitrogen and oxygen atoms in total. The minimum Gasteiger partial charge on any atom is -0.497 e. The molecule has 0 aliphatic heterocycles. The first kappa shape index (κ1) is 18.7. The van der Waals surface area contributed by atoms with Crippen LogP contribution in [-0.4, -0.2) is 40.8 Å². The predicted molar refractivity (Wildman–Crippen MR) is 93.9 cm³/mol.